The first-order valence-corrected chi connectivity index (χ1v) is 6.18. The van der Waals surface area contributed by atoms with Gasteiger partial charge in [-0.1, -0.05) is 18.2 Å². The maximum atomic E-state index is 10.6. The summed E-state index contributed by atoms with van der Waals surface area (Å²) < 4.78 is 0. The van der Waals surface area contributed by atoms with Gasteiger partial charge < -0.3 is 4.90 Å². The van der Waals surface area contributed by atoms with E-state index in [1.807, 2.05) is 24.0 Å². The largest absolute Gasteiger partial charge is 0.345 e. The van der Waals surface area contributed by atoms with Gasteiger partial charge in [0.2, 0.25) is 6.41 Å². The van der Waals surface area contributed by atoms with Crippen molar-refractivity contribution in [3.05, 3.63) is 24.3 Å². The first-order valence-electron chi connectivity index (χ1n) is 6.18. The second-order valence-corrected chi connectivity index (χ2v) is 4.44. The third-order valence-corrected chi connectivity index (χ3v) is 3.37. The summed E-state index contributed by atoms with van der Waals surface area (Å²) in [6.07, 6.45) is 11.8. The predicted molar refractivity (Wildman–Crippen MR) is 68.0 cm³/mol. The topological polar surface area (TPSA) is 44.1 Å². The Kier molecular flexibility index (Phi) is 6.09. The molecule has 1 atom stereocenters. The van der Waals surface area contributed by atoms with Crippen LogP contribution in [0.5, 0.6) is 0 Å². The number of carbonyl (C=O) groups is 1. The number of hydrogen-bond acceptors (Lipinski definition) is 2. The number of nitrogens with zero attached hydrogens (tertiary/aromatic N) is 2. The summed E-state index contributed by atoms with van der Waals surface area (Å²) in [5, 5.41) is 8.49. The van der Waals surface area contributed by atoms with Gasteiger partial charge in [0.05, 0.1) is 6.07 Å². The molecule has 1 aliphatic rings. The Hall–Kier alpha value is -1.56. The minimum Gasteiger partial charge on any atom is -0.345 e. The lowest BCUT2D eigenvalue weighted by Crippen LogP contribution is -2.34. The highest BCUT2D eigenvalue weighted by atomic mass is 16.1. The average Bonchev–Trinajstić information content (AvgIpc) is 2.38. The van der Waals surface area contributed by atoms with Crippen LogP contribution in [0, 0.1) is 23.2 Å². The van der Waals surface area contributed by atoms with E-state index in [0.717, 1.165) is 38.8 Å². The molecule has 0 aromatic carbocycles. The molecule has 92 valence electrons. The van der Waals surface area contributed by atoms with E-state index >= 15 is 0 Å². The van der Waals surface area contributed by atoms with E-state index in [0.29, 0.717) is 11.8 Å². The third-order valence-electron chi connectivity index (χ3n) is 3.37. The summed E-state index contributed by atoms with van der Waals surface area (Å²) in [4.78, 5) is 12.5. The molecule has 0 aromatic rings. The SMILES string of the molecule is C/C=C\C(C/C=C/C#N)C1CCN(C=O)CC1. The molecule has 0 aromatic heterocycles. The summed E-state index contributed by atoms with van der Waals surface area (Å²) in [6.45, 7) is 3.76. The van der Waals surface area contributed by atoms with Crippen molar-refractivity contribution in [3.63, 3.8) is 0 Å². The van der Waals surface area contributed by atoms with Crippen LogP contribution < -0.4 is 0 Å². The van der Waals surface area contributed by atoms with Gasteiger partial charge in [-0.3, -0.25) is 4.79 Å². The van der Waals surface area contributed by atoms with Crippen LogP contribution in [-0.2, 0) is 4.79 Å². The van der Waals surface area contributed by atoms with Crippen LogP contribution in [0.1, 0.15) is 26.2 Å². The Balaban J connectivity index is 2.51. The van der Waals surface area contributed by atoms with Crippen molar-refractivity contribution < 1.29 is 4.79 Å². The Bertz CT molecular complexity index is 320. The average molecular weight is 232 g/mol. The molecule has 17 heavy (non-hydrogen) atoms. The predicted octanol–water partition coefficient (Wildman–Crippen LogP) is 2.52. The molecule has 3 heteroatoms. The van der Waals surface area contributed by atoms with E-state index in [1.165, 1.54) is 0 Å². The molecule has 0 aliphatic carbocycles. The Labute approximate surface area is 103 Å². The van der Waals surface area contributed by atoms with Gasteiger partial charge in [0.25, 0.3) is 0 Å². The molecule has 0 bridgehead atoms. The van der Waals surface area contributed by atoms with E-state index in [1.54, 1.807) is 6.08 Å². The lowest BCUT2D eigenvalue weighted by molar-refractivity contribution is -0.119. The minimum atomic E-state index is 0.499. The maximum Gasteiger partial charge on any atom is 0.209 e. The molecule has 1 unspecified atom stereocenters. The van der Waals surface area contributed by atoms with Crippen LogP contribution in [0.3, 0.4) is 0 Å². The van der Waals surface area contributed by atoms with E-state index in [4.69, 9.17) is 5.26 Å². The number of rotatable bonds is 5. The van der Waals surface area contributed by atoms with Crippen molar-refractivity contribution in [3.8, 4) is 6.07 Å². The highest BCUT2D eigenvalue weighted by molar-refractivity contribution is 5.47. The monoisotopic (exact) mass is 232 g/mol. The van der Waals surface area contributed by atoms with Crippen molar-refractivity contribution >= 4 is 6.41 Å². The van der Waals surface area contributed by atoms with Crippen molar-refractivity contribution in [1.82, 2.24) is 4.90 Å². The standard InChI is InChI=1S/C14H20N2O/c1-2-5-13(6-3-4-9-15)14-7-10-16(12-17)11-8-14/h2-5,12-14H,6-8,10-11H2,1H3/b4-3+,5-2-. The molecule has 1 rings (SSSR count). The van der Waals surface area contributed by atoms with E-state index in [9.17, 15) is 4.79 Å². The number of carbonyl (C=O) groups excluding carboxylic acids is 1. The quantitative estimate of drug-likeness (QED) is 0.415. The zero-order valence-corrected chi connectivity index (χ0v) is 10.4. The lowest BCUT2D eigenvalue weighted by atomic mass is 9.82. The fourth-order valence-electron chi connectivity index (χ4n) is 2.41. The lowest BCUT2D eigenvalue weighted by Gasteiger charge is -2.32. The summed E-state index contributed by atoms with van der Waals surface area (Å²) in [7, 11) is 0. The number of amides is 1. The minimum absolute atomic E-state index is 0.499. The van der Waals surface area contributed by atoms with E-state index in [2.05, 4.69) is 12.2 Å². The van der Waals surface area contributed by atoms with Crippen molar-refractivity contribution in [2.45, 2.75) is 26.2 Å². The normalized spacial score (nSPS) is 19.6. The molecule has 1 saturated heterocycles. The molecule has 0 saturated carbocycles. The van der Waals surface area contributed by atoms with E-state index < -0.39 is 0 Å². The molecule has 1 amide bonds. The molecule has 3 nitrogen and oxygen atoms in total. The second kappa shape index (κ2) is 7.67. The van der Waals surface area contributed by atoms with Crippen LogP contribution in [0.4, 0.5) is 0 Å². The van der Waals surface area contributed by atoms with Gasteiger partial charge >= 0.3 is 0 Å². The zero-order valence-electron chi connectivity index (χ0n) is 10.4. The summed E-state index contributed by atoms with van der Waals surface area (Å²) >= 11 is 0. The first kappa shape index (κ1) is 13.5. The first-order chi connectivity index (χ1) is 8.31. The summed E-state index contributed by atoms with van der Waals surface area (Å²) in [5.74, 6) is 1.13. The van der Waals surface area contributed by atoms with Crippen LogP contribution >= 0.6 is 0 Å². The zero-order chi connectivity index (χ0) is 12.5. The number of likely N-dealkylation sites (tertiary alicyclic amines) is 1. The molecule has 1 fully saturated rings. The number of hydrogen-bond donors (Lipinski definition) is 0. The fraction of sp³-hybridized carbons (Fsp3) is 0.571. The molecule has 1 aliphatic heterocycles. The third kappa shape index (κ3) is 4.44. The molecule has 1 heterocycles. The number of allylic oxidation sites excluding steroid dienone is 4. The van der Waals surface area contributed by atoms with Crippen LogP contribution in [0.15, 0.2) is 24.3 Å². The molecule has 0 radical (unpaired) electrons. The second-order valence-electron chi connectivity index (χ2n) is 4.44. The number of piperidine rings is 1. The molecule has 0 N–H and O–H groups in total. The van der Waals surface area contributed by atoms with Gasteiger partial charge in [0, 0.05) is 19.2 Å². The molecular weight excluding hydrogens is 212 g/mol. The van der Waals surface area contributed by atoms with Gasteiger partial charge in [-0.15, -0.1) is 0 Å². The van der Waals surface area contributed by atoms with Gasteiger partial charge in [-0.05, 0) is 38.0 Å². The summed E-state index contributed by atoms with van der Waals surface area (Å²) in [6, 6.07) is 2.03. The van der Waals surface area contributed by atoms with Crippen LogP contribution in [0.25, 0.3) is 0 Å². The number of nitriles is 1. The molecule has 0 spiro atoms. The maximum absolute atomic E-state index is 10.6. The highest BCUT2D eigenvalue weighted by Crippen LogP contribution is 2.28. The van der Waals surface area contributed by atoms with Gasteiger partial charge in [-0.2, -0.15) is 5.26 Å². The smallest absolute Gasteiger partial charge is 0.209 e. The van der Waals surface area contributed by atoms with Crippen LogP contribution in [-0.4, -0.2) is 24.4 Å². The Morgan fingerprint density at radius 1 is 1.47 bits per heavy atom. The van der Waals surface area contributed by atoms with Gasteiger partial charge in [0.15, 0.2) is 0 Å². The van der Waals surface area contributed by atoms with Crippen molar-refractivity contribution in [2.75, 3.05) is 13.1 Å². The highest BCUT2D eigenvalue weighted by Gasteiger charge is 2.23. The van der Waals surface area contributed by atoms with Crippen LogP contribution in [0.2, 0.25) is 0 Å². The summed E-state index contributed by atoms with van der Waals surface area (Å²) in [5.41, 5.74) is 0. The van der Waals surface area contributed by atoms with Gasteiger partial charge in [-0.25, -0.2) is 0 Å². The van der Waals surface area contributed by atoms with E-state index in [-0.39, 0.29) is 0 Å². The van der Waals surface area contributed by atoms with Crippen molar-refractivity contribution in [1.29, 1.82) is 5.26 Å². The Morgan fingerprint density at radius 2 is 2.18 bits per heavy atom. The van der Waals surface area contributed by atoms with Gasteiger partial charge in [0.1, 0.15) is 0 Å². The fourth-order valence-corrected chi connectivity index (χ4v) is 2.41. The Morgan fingerprint density at radius 3 is 2.71 bits per heavy atom. The van der Waals surface area contributed by atoms with Crippen molar-refractivity contribution in [2.24, 2.45) is 11.8 Å². The molecular formula is C14H20N2O.